The molecule has 31 heavy (non-hydrogen) atoms. The molecule has 0 fully saturated rings. The summed E-state index contributed by atoms with van der Waals surface area (Å²) in [5, 5.41) is 9.44. The van der Waals surface area contributed by atoms with Gasteiger partial charge in [0.05, 0.1) is 11.5 Å². The SMILES string of the molecule is CCOc1cc(CNc2ccc(S(N)(=O)=O)cc2)ccc1OCc1c(Cl)cccc1Cl. The molecule has 0 aromatic heterocycles. The molecule has 0 atom stereocenters. The normalized spacial score (nSPS) is 11.2. The van der Waals surface area contributed by atoms with E-state index in [9.17, 15) is 8.42 Å². The molecule has 6 nitrogen and oxygen atoms in total. The minimum absolute atomic E-state index is 0.0665. The standard InChI is InChI=1S/C22H22Cl2N2O4S/c1-2-29-22-12-15(13-26-16-7-9-17(10-8-16)31(25,27)28)6-11-21(22)30-14-18-19(23)4-3-5-20(18)24/h3-12,26H,2,13-14H2,1H3,(H2,25,27,28). The quantitative estimate of drug-likeness (QED) is 0.437. The van der Waals surface area contributed by atoms with Gasteiger partial charge in [0, 0.05) is 27.8 Å². The van der Waals surface area contributed by atoms with Crippen molar-refractivity contribution in [2.75, 3.05) is 11.9 Å². The van der Waals surface area contributed by atoms with Crippen molar-refractivity contribution in [2.24, 2.45) is 5.14 Å². The first-order valence-electron chi connectivity index (χ1n) is 9.46. The summed E-state index contributed by atoms with van der Waals surface area (Å²) in [6, 6.07) is 17.2. The van der Waals surface area contributed by atoms with Crippen molar-refractivity contribution in [1.29, 1.82) is 0 Å². The van der Waals surface area contributed by atoms with E-state index < -0.39 is 10.0 Å². The van der Waals surface area contributed by atoms with Gasteiger partial charge in [-0.05, 0) is 61.0 Å². The Hall–Kier alpha value is -2.45. The van der Waals surface area contributed by atoms with E-state index >= 15 is 0 Å². The Bertz CT molecular complexity index is 1130. The first-order chi connectivity index (χ1) is 14.8. The average molecular weight is 481 g/mol. The maximum Gasteiger partial charge on any atom is 0.238 e. The van der Waals surface area contributed by atoms with Crippen LogP contribution in [0.4, 0.5) is 5.69 Å². The van der Waals surface area contributed by atoms with Crippen LogP contribution in [0.2, 0.25) is 10.0 Å². The third-order valence-electron chi connectivity index (χ3n) is 4.42. The summed E-state index contributed by atoms with van der Waals surface area (Å²) in [7, 11) is -3.71. The zero-order valence-electron chi connectivity index (χ0n) is 16.8. The molecular formula is C22H22Cl2N2O4S. The maximum absolute atomic E-state index is 11.4. The molecule has 0 amide bonds. The van der Waals surface area contributed by atoms with Crippen molar-refractivity contribution in [3.63, 3.8) is 0 Å². The molecule has 0 radical (unpaired) electrons. The van der Waals surface area contributed by atoms with Gasteiger partial charge in [-0.15, -0.1) is 0 Å². The van der Waals surface area contributed by atoms with Gasteiger partial charge in [-0.1, -0.05) is 35.3 Å². The summed E-state index contributed by atoms with van der Waals surface area (Å²) in [5.74, 6) is 1.19. The van der Waals surface area contributed by atoms with Gasteiger partial charge in [0.2, 0.25) is 10.0 Å². The number of nitrogens with two attached hydrogens (primary N) is 1. The zero-order chi connectivity index (χ0) is 22.4. The molecule has 0 aliphatic rings. The highest BCUT2D eigenvalue weighted by Gasteiger charge is 2.11. The van der Waals surface area contributed by atoms with Crippen molar-refractivity contribution in [1.82, 2.24) is 0 Å². The van der Waals surface area contributed by atoms with E-state index in [1.165, 1.54) is 12.1 Å². The number of benzene rings is 3. The lowest BCUT2D eigenvalue weighted by Gasteiger charge is -2.15. The number of sulfonamides is 1. The number of rotatable bonds is 9. The molecule has 0 bridgehead atoms. The first-order valence-corrected chi connectivity index (χ1v) is 11.8. The monoisotopic (exact) mass is 480 g/mol. The summed E-state index contributed by atoms with van der Waals surface area (Å²) in [5.41, 5.74) is 2.43. The fourth-order valence-corrected chi connectivity index (χ4v) is 3.86. The minimum Gasteiger partial charge on any atom is -0.490 e. The Morgan fingerprint density at radius 1 is 0.935 bits per heavy atom. The van der Waals surface area contributed by atoms with Gasteiger partial charge >= 0.3 is 0 Å². The highest BCUT2D eigenvalue weighted by atomic mass is 35.5. The van der Waals surface area contributed by atoms with Crippen molar-refractivity contribution in [2.45, 2.75) is 25.0 Å². The van der Waals surface area contributed by atoms with Crippen molar-refractivity contribution < 1.29 is 17.9 Å². The molecule has 3 aromatic carbocycles. The number of primary sulfonamides is 1. The molecule has 3 aromatic rings. The molecule has 0 heterocycles. The van der Waals surface area contributed by atoms with E-state index in [2.05, 4.69) is 5.32 Å². The van der Waals surface area contributed by atoms with E-state index in [0.29, 0.717) is 40.3 Å². The van der Waals surface area contributed by atoms with Crippen LogP contribution < -0.4 is 19.9 Å². The molecule has 0 unspecified atom stereocenters. The third-order valence-corrected chi connectivity index (χ3v) is 6.06. The third kappa shape index (κ3) is 6.27. The van der Waals surface area contributed by atoms with Crippen LogP contribution in [-0.4, -0.2) is 15.0 Å². The largest absolute Gasteiger partial charge is 0.490 e. The Kier molecular flexibility index (Phi) is 7.67. The predicted octanol–water partition coefficient (Wildman–Crippen LogP) is 5.23. The summed E-state index contributed by atoms with van der Waals surface area (Å²) in [4.78, 5) is 0.0665. The Morgan fingerprint density at radius 3 is 2.23 bits per heavy atom. The van der Waals surface area contributed by atoms with Crippen LogP contribution in [0, 0.1) is 0 Å². The molecule has 9 heteroatoms. The van der Waals surface area contributed by atoms with Crippen molar-refractivity contribution >= 4 is 38.9 Å². The fourth-order valence-electron chi connectivity index (χ4n) is 2.84. The number of ether oxygens (including phenoxy) is 2. The molecule has 3 N–H and O–H groups in total. The van der Waals surface area contributed by atoms with E-state index in [1.807, 2.05) is 25.1 Å². The molecule has 3 rings (SSSR count). The number of halogens is 2. The number of hydrogen-bond donors (Lipinski definition) is 2. The lowest BCUT2D eigenvalue weighted by atomic mass is 10.2. The van der Waals surface area contributed by atoms with E-state index in [0.717, 1.165) is 11.3 Å². The second-order valence-corrected chi connectivity index (χ2v) is 9.00. The average Bonchev–Trinajstić information content (AvgIpc) is 2.73. The Labute approximate surface area is 191 Å². The fraction of sp³-hybridized carbons (Fsp3) is 0.182. The van der Waals surface area contributed by atoms with E-state index in [-0.39, 0.29) is 11.5 Å². The second-order valence-electron chi connectivity index (χ2n) is 6.63. The molecule has 164 valence electrons. The summed E-state index contributed by atoms with van der Waals surface area (Å²) >= 11 is 12.4. The smallest absolute Gasteiger partial charge is 0.238 e. The highest BCUT2D eigenvalue weighted by Crippen LogP contribution is 2.32. The highest BCUT2D eigenvalue weighted by molar-refractivity contribution is 7.89. The zero-order valence-corrected chi connectivity index (χ0v) is 19.1. The van der Waals surface area contributed by atoms with E-state index in [1.54, 1.807) is 30.3 Å². The molecular weight excluding hydrogens is 459 g/mol. The van der Waals surface area contributed by atoms with Gasteiger partial charge in [-0.2, -0.15) is 0 Å². The molecule has 0 aliphatic heterocycles. The van der Waals surface area contributed by atoms with Gasteiger partial charge in [0.15, 0.2) is 11.5 Å². The van der Waals surface area contributed by atoms with Gasteiger partial charge in [0.25, 0.3) is 0 Å². The Balaban J connectivity index is 1.69. The molecule has 0 saturated heterocycles. The number of nitrogens with one attached hydrogen (secondary N) is 1. The van der Waals surface area contributed by atoms with E-state index in [4.69, 9.17) is 37.8 Å². The Morgan fingerprint density at radius 2 is 1.61 bits per heavy atom. The number of anilines is 1. The molecule has 0 spiro atoms. The van der Waals surface area contributed by atoms with Gasteiger partial charge in [0.1, 0.15) is 6.61 Å². The van der Waals surface area contributed by atoms with Crippen LogP contribution in [0.5, 0.6) is 11.5 Å². The number of hydrogen-bond acceptors (Lipinski definition) is 5. The van der Waals surface area contributed by atoms with Gasteiger partial charge < -0.3 is 14.8 Å². The van der Waals surface area contributed by atoms with Crippen molar-refractivity contribution in [3.8, 4) is 11.5 Å². The molecule has 0 aliphatic carbocycles. The van der Waals surface area contributed by atoms with Gasteiger partial charge in [-0.3, -0.25) is 0 Å². The molecule has 0 saturated carbocycles. The first kappa shape index (κ1) is 23.2. The lowest BCUT2D eigenvalue weighted by Crippen LogP contribution is -2.12. The van der Waals surface area contributed by atoms with Crippen LogP contribution in [0.15, 0.2) is 65.6 Å². The second kappa shape index (κ2) is 10.2. The van der Waals surface area contributed by atoms with Gasteiger partial charge in [-0.25, -0.2) is 13.6 Å². The maximum atomic E-state index is 11.4. The van der Waals surface area contributed by atoms with Crippen LogP contribution in [0.3, 0.4) is 0 Å². The summed E-state index contributed by atoms with van der Waals surface area (Å²) < 4.78 is 34.4. The van der Waals surface area contributed by atoms with Crippen LogP contribution in [-0.2, 0) is 23.2 Å². The summed E-state index contributed by atoms with van der Waals surface area (Å²) in [6.07, 6.45) is 0. The minimum atomic E-state index is -3.71. The lowest BCUT2D eigenvalue weighted by molar-refractivity contribution is 0.269. The van der Waals surface area contributed by atoms with Crippen molar-refractivity contribution in [3.05, 3.63) is 81.8 Å². The van der Waals surface area contributed by atoms with Crippen LogP contribution in [0.1, 0.15) is 18.1 Å². The van der Waals surface area contributed by atoms with Crippen LogP contribution >= 0.6 is 23.2 Å². The van der Waals surface area contributed by atoms with Crippen LogP contribution in [0.25, 0.3) is 0 Å². The topological polar surface area (TPSA) is 90.6 Å². The predicted molar refractivity (Wildman–Crippen MR) is 124 cm³/mol. The summed E-state index contributed by atoms with van der Waals surface area (Å²) in [6.45, 7) is 3.10.